The van der Waals surface area contributed by atoms with Crippen LogP contribution in [0.5, 0.6) is 11.5 Å². The van der Waals surface area contributed by atoms with Crippen LogP contribution in [-0.4, -0.2) is 24.3 Å². The summed E-state index contributed by atoms with van der Waals surface area (Å²) in [7, 11) is 0. The molecule has 0 spiro atoms. The highest BCUT2D eigenvalue weighted by Gasteiger charge is 2.31. The first-order chi connectivity index (χ1) is 12.2. The van der Waals surface area contributed by atoms with E-state index < -0.39 is 0 Å². The van der Waals surface area contributed by atoms with E-state index in [1.807, 2.05) is 23.1 Å². The number of nitrogens with zero attached hydrogens (tertiary/aromatic N) is 2. The summed E-state index contributed by atoms with van der Waals surface area (Å²) in [6.07, 6.45) is 1.86. The van der Waals surface area contributed by atoms with Gasteiger partial charge in [-0.05, 0) is 48.7 Å². The van der Waals surface area contributed by atoms with E-state index in [0.29, 0.717) is 17.8 Å². The molecule has 126 valence electrons. The van der Waals surface area contributed by atoms with E-state index in [1.54, 1.807) is 24.3 Å². The molecule has 4 rings (SSSR count). The second kappa shape index (κ2) is 6.36. The number of amides is 2. The number of hydrogen-bond donors (Lipinski definition) is 1. The molecule has 6 nitrogen and oxygen atoms in total. The van der Waals surface area contributed by atoms with Crippen LogP contribution in [0.15, 0.2) is 42.5 Å². The fourth-order valence-electron chi connectivity index (χ4n) is 3.34. The van der Waals surface area contributed by atoms with Gasteiger partial charge in [-0.3, -0.25) is 0 Å². The highest BCUT2D eigenvalue weighted by molar-refractivity contribution is 5.90. The monoisotopic (exact) mass is 335 g/mol. The number of ether oxygens (including phenoxy) is 2. The van der Waals surface area contributed by atoms with Gasteiger partial charge in [0.05, 0.1) is 17.7 Å². The van der Waals surface area contributed by atoms with Crippen LogP contribution in [0.2, 0.25) is 0 Å². The Kier molecular flexibility index (Phi) is 3.90. The summed E-state index contributed by atoms with van der Waals surface area (Å²) in [6.45, 7) is 0.936. The van der Waals surface area contributed by atoms with E-state index in [9.17, 15) is 4.79 Å². The smallest absolute Gasteiger partial charge is 0.322 e. The van der Waals surface area contributed by atoms with E-state index in [2.05, 4.69) is 11.4 Å². The van der Waals surface area contributed by atoms with Gasteiger partial charge in [-0.15, -0.1) is 0 Å². The van der Waals surface area contributed by atoms with Gasteiger partial charge < -0.3 is 19.7 Å². The number of urea groups is 1. The Morgan fingerprint density at radius 3 is 2.96 bits per heavy atom. The average molecular weight is 335 g/mol. The fraction of sp³-hybridized carbons (Fsp3) is 0.263. The van der Waals surface area contributed by atoms with Crippen molar-refractivity contribution in [3.63, 3.8) is 0 Å². The van der Waals surface area contributed by atoms with Gasteiger partial charge >= 0.3 is 6.03 Å². The zero-order valence-electron chi connectivity index (χ0n) is 13.6. The number of anilines is 1. The zero-order valence-corrected chi connectivity index (χ0v) is 13.6. The van der Waals surface area contributed by atoms with Crippen molar-refractivity contribution in [3.8, 4) is 17.6 Å². The Labute approximate surface area is 145 Å². The molecule has 2 aliphatic heterocycles. The second-order valence-corrected chi connectivity index (χ2v) is 6.09. The minimum Gasteiger partial charge on any atom is -0.454 e. The largest absolute Gasteiger partial charge is 0.454 e. The van der Waals surface area contributed by atoms with Crippen LogP contribution in [0.1, 0.15) is 30.0 Å². The molecule has 1 N–H and O–H groups in total. The van der Waals surface area contributed by atoms with Gasteiger partial charge in [-0.2, -0.15) is 5.26 Å². The first-order valence-corrected chi connectivity index (χ1v) is 8.22. The number of likely N-dealkylation sites (tertiary alicyclic amines) is 1. The van der Waals surface area contributed by atoms with Gasteiger partial charge in [0.2, 0.25) is 6.79 Å². The number of fused-ring (bicyclic) bond motifs is 1. The quantitative estimate of drug-likeness (QED) is 0.909. The van der Waals surface area contributed by atoms with E-state index in [-0.39, 0.29) is 18.9 Å². The number of carbonyl (C=O) groups excluding carboxylic acids is 1. The molecule has 1 saturated heterocycles. The van der Waals surface area contributed by atoms with E-state index in [4.69, 9.17) is 14.7 Å². The molecule has 2 aromatic rings. The lowest BCUT2D eigenvalue weighted by Crippen LogP contribution is -2.34. The molecule has 0 bridgehead atoms. The fourth-order valence-corrected chi connectivity index (χ4v) is 3.34. The summed E-state index contributed by atoms with van der Waals surface area (Å²) in [5, 5.41) is 11.9. The van der Waals surface area contributed by atoms with Crippen molar-refractivity contribution in [1.29, 1.82) is 5.26 Å². The molecule has 2 heterocycles. The van der Waals surface area contributed by atoms with Gasteiger partial charge in [0.25, 0.3) is 0 Å². The third-order valence-electron chi connectivity index (χ3n) is 4.54. The maximum atomic E-state index is 12.7. The van der Waals surface area contributed by atoms with Crippen molar-refractivity contribution in [3.05, 3.63) is 53.6 Å². The van der Waals surface area contributed by atoms with Crippen molar-refractivity contribution in [2.24, 2.45) is 0 Å². The molecule has 2 aromatic carbocycles. The first kappa shape index (κ1) is 15.3. The molecule has 6 heteroatoms. The summed E-state index contributed by atoms with van der Waals surface area (Å²) < 4.78 is 10.8. The minimum atomic E-state index is -0.157. The molecule has 1 fully saturated rings. The van der Waals surface area contributed by atoms with Crippen molar-refractivity contribution in [1.82, 2.24) is 4.90 Å². The van der Waals surface area contributed by atoms with Crippen molar-refractivity contribution in [2.45, 2.75) is 18.9 Å². The Morgan fingerprint density at radius 2 is 2.08 bits per heavy atom. The van der Waals surface area contributed by atoms with Crippen LogP contribution >= 0.6 is 0 Å². The third kappa shape index (κ3) is 2.96. The maximum absolute atomic E-state index is 12.7. The van der Waals surface area contributed by atoms with Crippen molar-refractivity contribution in [2.75, 3.05) is 18.7 Å². The van der Waals surface area contributed by atoms with Crippen molar-refractivity contribution < 1.29 is 14.3 Å². The van der Waals surface area contributed by atoms with Crippen LogP contribution in [-0.2, 0) is 0 Å². The molecular formula is C19H17N3O3. The standard InChI is InChI=1S/C19H17N3O3/c20-11-13-3-1-4-15(9-13)21-19(23)22-8-2-5-16(22)14-6-7-17-18(10-14)25-12-24-17/h1,3-4,6-7,9-10,16H,2,5,8,12H2,(H,21,23)/t16-/m1/s1. The van der Waals surface area contributed by atoms with Crippen LogP contribution in [0, 0.1) is 11.3 Å². The summed E-state index contributed by atoms with van der Waals surface area (Å²) in [5.74, 6) is 1.47. The van der Waals surface area contributed by atoms with Crippen LogP contribution in [0.25, 0.3) is 0 Å². The Balaban J connectivity index is 1.53. The van der Waals surface area contributed by atoms with Gasteiger partial charge in [0.1, 0.15) is 0 Å². The minimum absolute atomic E-state index is 0.00801. The summed E-state index contributed by atoms with van der Waals surface area (Å²) in [5.41, 5.74) is 2.19. The second-order valence-electron chi connectivity index (χ2n) is 6.09. The van der Waals surface area contributed by atoms with Crippen molar-refractivity contribution >= 4 is 11.7 Å². The molecular weight excluding hydrogens is 318 g/mol. The molecule has 25 heavy (non-hydrogen) atoms. The van der Waals surface area contributed by atoms with Crippen LogP contribution in [0.3, 0.4) is 0 Å². The number of nitrogens with one attached hydrogen (secondary N) is 1. The summed E-state index contributed by atoms with van der Waals surface area (Å²) in [4.78, 5) is 14.5. The number of rotatable bonds is 2. The van der Waals surface area contributed by atoms with E-state index in [0.717, 1.165) is 29.9 Å². The van der Waals surface area contributed by atoms with Gasteiger partial charge in [-0.1, -0.05) is 12.1 Å². The molecule has 0 saturated carbocycles. The summed E-state index contributed by atoms with van der Waals surface area (Å²) in [6, 6.07) is 14.7. The summed E-state index contributed by atoms with van der Waals surface area (Å²) >= 11 is 0. The van der Waals surface area contributed by atoms with Gasteiger partial charge in [0.15, 0.2) is 11.5 Å². The molecule has 2 aliphatic rings. The molecule has 0 aromatic heterocycles. The molecule has 0 aliphatic carbocycles. The van der Waals surface area contributed by atoms with E-state index >= 15 is 0 Å². The topological polar surface area (TPSA) is 74.6 Å². The number of hydrogen-bond acceptors (Lipinski definition) is 4. The third-order valence-corrected chi connectivity index (χ3v) is 4.54. The van der Waals surface area contributed by atoms with Gasteiger partial charge in [-0.25, -0.2) is 4.79 Å². The SMILES string of the molecule is N#Cc1cccc(NC(=O)N2CCC[C@@H]2c2ccc3c(c2)OCO3)c1. The first-order valence-electron chi connectivity index (χ1n) is 8.22. The highest BCUT2D eigenvalue weighted by Crippen LogP contribution is 2.39. The lowest BCUT2D eigenvalue weighted by molar-refractivity contribution is 0.173. The zero-order chi connectivity index (χ0) is 17.2. The lowest BCUT2D eigenvalue weighted by Gasteiger charge is -2.25. The number of carbonyl (C=O) groups is 1. The normalized spacial score (nSPS) is 18.0. The average Bonchev–Trinajstić information content (AvgIpc) is 3.30. The predicted octanol–water partition coefficient (Wildman–Crippen LogP) is 3.66. The molecule has 2 amide bonds. The maximum Gasteiger partial charge on any atom is 0.322 e. The highest BCUT2D eigenvalue weighted by atomic mass is 16.7. The number of nitriles is 1. The molecule has 1 atom stereocenters. The molecule has 0 radical (unpaired) electrons. The van der Waals surface area contributed by atoms with Crippen LogP contribution in [0.4, 0.5) is 10.5 Å². The van der Waals surface area contributed by atoms with Crippen LogP contribution < -0.4 is 14.8 Å². The number of benzene rings is 2. The molecule has 0 unspecified atom stereocenters. The predicted molar refractivity (Wildman–Crippen MR) is 91.4 cm³/mol. The Bertz CT molecular complexity index is 859. The Hall–Kier alpha value is -3.20. The van der Waals surface area contributed by atoms with Gasteiger partial charge in [0, 0.05) is 12.2 Å². The van der Waals surface area contributed by atoms with E-state index in [1.165, 1.54) is 0 Å². The Morgan fingerprint density at radius 1 is 1.20 bits per heavy atom. The lowest BCUT2D eigenvalue weighted by atomic mass is 10.0.